The first kappa shape index (κ1) is 15.4. The van der Waals surface area contributed by atoms with Crippen LogP contribution in [-0.4, -0.2) is 12.6 Å². The zero-order chi connectivity index (χ0) is 15.8. The molecular weight excluding hydrogens is 282 g/mol. The van der Waals surface area contributed by atoms with Crippen molar-refractivity contribution < 1.29 is 13.9 Å². The monoisotopic (exact) mass is 297 g/mol. The summed E-state index contributed by atoms with van der Waals surface area (Å²) in [7, 11) is 0. The van der Waals surface area contributed by atoms with Gasteiger partial charge in [-0.1, -0.05) is 35.4 Å². The van der Waals surface area contributed by atoms with Crippen LogP contribution in [0.25, 0.3) is 16.5 Å². The lowest BCUT2D eigenvalue weighted by atomic mass is 10.1. The number of nitrogens with zero attached hydrogens (tertiary/aromatic N) is 3. The Kier molecular flexibility index (Phi) is 5.40. The summed E-state index contributed by atoms with van der Waals surface area (Å²) in [6.45, 7) is 1.88. The summed E-state index contributed by atoms with van der Waals surface area (Å²) in [5, 5.41) is 3.34. The number of rotatable bonds is 6. The molecular formula is C16H15N3O3. The summed E-state index contributed by atoms with van der Waals surface area (Å²) < 4.78 is 10.4. The first-order valence-electron chi connectivity index (χ1n) is 6.79. The van der Waals surface area contributed by atoms with E-state index in [9.17, 15) is 4.79 Å². The van der Waals surface area contributed by atoms with E-state index < -0.39 is 5.97 Å². The van der Waals surface area contributed by atoms with Crippen LogP contribution in [0.1, 0.15) is 24.0 Å². The lowest BCUT2D eigenvalue weighted by molar-refractivity contribution is -0.138. The summed E-state index contributed by atoms with van der Waals surface area (Å²) >= 11 is 0. The van der Waals surface area contributed by atoms with Crippen molar-refractivity contribution >= 4 is 12.0 Å². The molecule has 6 heteroatoms. The SMILES string of the molecule is CCOC(=O)/C(=C/c1ccc(Cc2ccccc2)o1)N=[N+]=[N-]. The highest BCUT2D eigenvalue weighted by atomic mass is 16.5. The Bertz CT molecular complexity index is 713. The third-order valence-corrected chi connectivity index (χ3v) is 2.82. The van der Waals surface area contributed by atoms with Crippen molar-refractivity contribution in [3.8, 4) is 0 Å². The predicted octanol–water partition coefficient (Wildman–Crippen LogP) is 4.08. The second kappa shape index (κ2) is 7.71. The summed E-state index contributed by atoms with van der Waals surface area (Å²) in [4.78, 5) is 14.3. The van der Waals surface area contributed by atoms with Crippen molar-refractivity contribution in [2.45, 2.75) is 13.3 Å². The zero-order valence-electron chi connectivity index (χ0n) is 12.1. The van der Waals surface area contributed by atoms with Crippen LogP contribution in [0.15, 0.2) is 57.7 Å². The molecule has 0 amide bonds. The zero-order valence-corrected chi connectivity index (χ0v) is 12.1. The molecule has 0 aliphatic rings. The topological polar surface area (TPSA) is 88.2 Å². The molecule has 2 aromatic rings. The first-order chi connectivity index (χ1) is 10.7. The van der Waals surface area contributed by atoms with E-state index in [0.29, 0.717) is 12.2 Å². The Morgan fingerprint density at radius 2 is 2.09 bits per heavy atom. The minimum absolute atomic E-state index is 0.134. The lowest BCUT2D eigenvalue weighted by Crippen LogP contribution is -2.05. The van der Waals surface area contributed by atoms with E-state index in [4.69, 9.17) is 14.7 Å². The van der Waals surface area contributed by atoms with Crippen LogP contribution in [-0.2, 0) is 16.0 Å². The molecule has 0 unspecified atom stereocenters. The van der Waals surface area contributed by atoms with E-state index in [1.807, 2.05) is 36.4 Å². The molecule has 0 saturated carbocycles. The fourth-order valence-electron chi connectivity index (χ4n) is 1.88. The van der Waals surface area contributed by atoms with Gasteiger partial charge in [0.15, 0.2) is 0 Å². The Hall–Kier alpha value is -2.98. The number of azide groups is 1. The number of carbonyl (C=O) groups excluding carboxylic acids is 1. The average molecular weight is 297 g/mol. The third-order valence-electron chi connectivity index (χ3n) is 2.82. The Balaban J connectivity index is 2.17. The number of esters is 1. The van der Waals surface area contributed by atoms with Gasteiger partial charge in [0.2, 0.25) is 0 Å². The molecule has 112 valence electrons. The highest BCUT2D eigenvalue weighted by Gasteiger charge is 2.10. The second-order valence-corrected chi connectivity index (χ2v) is 4.41. The van der Waals surface area contributed by atoms with Gasteiger partial charge < -0.3 is 9.15 Å². The molecule has 0 fully saturated rings. The average Bonchev–Trinajstić information content (AvgIpc) is 2.95. The molecule has 0 spiro atoms. The van der Waals surface area contributed by atoms with E-state index in [0.717, 1.165) is 11.3 Å². The maximum atomic E-state index is 11.6. The molecule has 2 rings (SSSR count). The minimum atomic E-state index is -0.679. The molecule has 22 heavy (non-hydrogen) atoms. The molecule has 0 saturated heterocycles. The van der Waals surface area contributed by atoms with Gasteiger partial charge in [-0.25, -0.2) is 4.79 Å². The summed E-state index contributed by atoms with van der Waals surface area (Å²) in [6, 6.07) is 13.4. The molecule has 1 heterocycles. The van der Waals surface area contributed by atoms with Crippen molar-refractivity contribution in [1.82, 2.24) is 0 Å². The Morgan fingerprint density at radius 3 is 2.77 bits per heavy atom. The smallest absolute Gasteiger partial charge is 0.340 e. The number of benzene rings is 1. The van der Waals surface area contributed by atoms with Gasteiger partial charge in [-0.05, 0) is 36.2 Å². The van der Waals surface area contributed by atoms with Crippen LogP contribution in [0.4, 0.5) is 0 Å². The van der Waals surface area contributed by atoms with Gasteiger partial charge in [0.1, 0.15) is 17.2 Å². The van der Waals surface area contributed by atoms with E-state index in [1.54, 1.807) is 13.0 Å². The number of hydrogen-bond donors (Lipinski definition) is 0. The quantitative estimate of drug-likeness (QED) is 0.264. The minimum Gasteiger partial charge on any atom is -0.462 e. The van der Waals surface area contributed by atoms with Crippen LogP contribution in [0.5, 0.6) is 0 Å². The van der Waals surface area contributed by atoms with Gasteiger partial charge in [-0.2, -0.15) is 0 Å². The molecule has 0 radical (unpaired) electrons. The van der Waals surface area contributed by atoms with Crippen LogP contribution >= 0.6 is 0 Å². The van der Waals surface area contributed by atoms with Crippen LogP contribution < -0.4 is 0 Å². The van der Waals surface area contributed by atoms with E-state index in [-0.39, 0.29) is 12.3 Å². The number of carbonyl (C=O) groups is 1. The Labute approximate surface area is 127 Å². The van der Waals surface area contributed by atoms with Crippen molar-refractivity contribution in [3.05, 3.63) is 75.7 Å². The van der Waals surface area contributed by atoms with Crippen molar-refractivity contribution in [3.63, 3.8) is 0 Å². The third kappa shape index (κ3) is 4.26. The molecule has 0 aliphatic carbocycles. The van der Waals surface area contributed by atoms with Gasteiger partial charge in [0.05, 0.1) is 6.61 Å². The summed E-state index contributed by atoms with van der Waals surface area (Å²) in [5.74, 6) is 0.504. The van der Waals surface area contributed by atoms with Gasteiger partial charge in [0, 0.05) is 11.3 Å². The maximum absolute atomic E-state index is 11.6. The summed E-state index contributed by atoms with van der Waals surface area (Å²) in [6.07, 6.45) is 2.01. The fourth-order valence-corrected chi connectivity index (χ4v) is 1.88. The molecule has 6 nitrogen and oxygen atoms in total. The van der Waals surface area contributed by atoms with E-state index in [2.05, 4.69) is 10.0 Å². The second-order valence-electron chi connectivity index (χ2n) is 4.41. The molecule has 0 aliphatic heterocycles. The standard InChI is InChI=1S/C16H15N3O3/c1-2-21-16(20)15(18-19-17)11-14-9-8-13(22-14)10-12-6-4-3-5-7-12/h3-9,11H,2,10H2,1H3/b15-11-. The highest BCUT2D eigenvalue weighted by molar-refractivity contribution is 5.92. The Morgan fingerprint density at radius 1 is 1.32 bits per heavy atom. The van der Waals surface area contributed by atoms with Crippen LogP contribution in [0.2, 0.25) is 0 Å². The van der Waals surface area contributed by atoms with Gasteiger partial charge in [-0.15, -0.1) is 0 Å². The van der Waals surface area contributed by atoms with Gasteiger partial charge in [0.25, 0.3) is 0 Å². The van der Waals surface area contributed by atoms with Crippen LogP contribution in [0, 0.1) is 0 Å². The summed E-state index contributed by atoms with van der Waals surface area (Å²) in [5.41, 5.74) is 9.50. The lowest BCUT2D eigenvalue weighted by Gasteiger charge is -2.00. The van der Waals surface area contributed by atoms with E-state index >= 15 is 0 Å². The van der Waals surface area contributed by atoms with Gasteiger partial charge >= 0.3 is 5.97 Å². The molecule has 1 aromatic heterocycles. The normalized spacial score (nSPS) is 10.9. The maximum Gasteiger partial charge on any atom is 0.340 e. The van der Waals surface area contributed by atoms with Crippen LogP contribution in [0.3, 0.4) is 0 Å². The fraction of sp³-hybridized carbons (Fsp3) is 0.188. The highest BCUT2D eigenvalue weighted by Crippen LogP contribution is 2.17. The van der Waals surface area contributed by atoms with E-state index in [1.165, 1.54) is 6.08 Å². The van der Waals surface area contributed by atoms with Crippen molar-refractivity contribution in [1.29, 1.82) is 0 Å². The van der Waals surface area contributed by atoms with Crippen molar-refractivity contribution in [2.75, 3.05) is 6.61 Å². The number of ether oxygens (including phenoxy) is 1. The molecule has 0 bridgehead atoms. The molecule has 0 atom stereocenters. The largest absolute Gasteiger partial charge is 0.462 e. The van der Waals surface area contributed by atoms with Crippen molar-refractivity contribution in [2.24, 2.45) is 5.11 Å². The predicted molar refractivity (Wildman–Crippen MR) is 81.7 cm³/mol. The van der Waals surface area contributed by atoms with Gasteiger partial charge in [-0.3, -0.25) is 0 Å². The first-order valence-corrected chi connectivity index (χ1v) is 6.79. The number of furan rings is 1. The molecule has 1 aromatic carbocycles. The molecule has 0 N–H and O–H groups in total. The number of hydrogen-bond acceptors (Lipinski definition) is 4.